The number of rotatable bonds is 11. The number of methoxy groups -OCH3 is 2. The number of allylic oxidation sites excluding steroid dienone is 1. The van der Waals surface area contributed by atoms with Crippen LogP contribution in [0.2, 0.25) is 0 Å². The number of hydrogen-bond donors (Lipinski definition) is 1. The topological polar surface area (TPSA) is 86.5 Å². The first-order valence-corrected chi connectivity index (χ1v) is 11.1. The van der Waals surface area contributed by atoms with Gasteiger partial charge < -0.3 is 19.3 Å². The Labute approximate surface area is 186 Å². The predicted octanol–water partition coefficient (Wildman–Crippen LogP) is 4.99. The molecule has 0 aliphatic carbocycles. The first kappa shape index (κ1) is 22.6. The molecule has 1 amide bonds. The number of hydrogen-bond acceptors (Lipinski definition) is 7. The lowest BCUT2D eigenvalue weighted by atomic mass is 10.1. The Morgan fingerprint density at radius 3 is 2.81 bits per heavy atom. The lowest BCUT2D eigenvalue weighted by Gasteiger charge is -2.13. The van der Waals surface area contributed by atoms with E-state index in [1.165, 1.54) is 0 Å². The van der Waals surface area contributed by atoms with Gasteiger partial charge in [0.15, 0.2) is 11.5 Å². The maximum Gasteiger partial charge on any atom is 0.251 e. The molecule has 3 aromatic rings. The van der Waals surface area contributed by atoms with E-state index in [1.54, 1.807) is 37.7 Å². The van der Waals surface area contributed by atoms with Gasteiger partial charge in [-0.2, -0.15) is 4.98 Å². The molecule has 31 heavy (non-hydrogen) atoms. The number of nitrogens with zero attached hydrogens (tertiary/aromatic N) is 2. The van der Waals surface area contributed by atoms with Crippen LogP contribution in [0, 0.1) is 0 Å². The van der Waals surface area contributed by atoms with Gasteiger partial charge in [0.05, 0.1) is 19.1 Å². The number of aryl methyl sites for hydroxylation is 1. The molecule has 0 aliphatic rings. The van der Waals surface area contributed by atoms with Gasteiger partial charge in [-0.15, -0.1) is 11.3 Å². The summed E-state index contributed by atoms with van der Waals surface area (Å²) >= 11 is 1.59. The molecule has 0 unspecified atom stereocenters. The van der Waals surface area contributed by atoms with E-state index in [0.29, 0.717) is 35.3 Å². The summed E-state index contributed by atoms with van der Waals surface area (Å²) in [4.78, 5) is 18.0. The monoisotopic (exact) mass is 441 g/mol. The maximum absolute atomic E-state index is 12.6. The van der Waals surface area contributed by atoms with Crippen LogP contribution in [0.3, 0.4) is 0 Å². The van der Waals surface area contributed by atoms with Gasteiger partial charge in [0.2, 0.25) is 11.7 Å². The smallest absolute Gasteiger partial charge is 0.251 e. The number of aromatic nitrogens is 2. The Kier molecular flexibility index (Phi) is 8.23. The van der Waals surface area contributed by atoms with Crippen molar-refractivity contribution in [3.8, 4) is 22.2 Å². The van der Waals surface area contributed by atoms with E-state index in [9.17, 15) is 4.79 Å². The molecular weight excluding hydrogens is 414 g/mol. The van der Waals surface area contributed by atoms with Crippen molar-refractivity contribution in [2.75, 3.05) is 20.8 Å². The third-order valence-corrected chi connectivity index (χ3v) is 5.54. The average Bonchev–Trinajstić information content (AvgIpc) is 3.47. The molecule has 0 saturated heterocycles. The maximum atomic E-state index is 12.6. The molecule has 1 N–H and O–H groups in total. The molecule has 0 aliphatic heterocycles. The van der Waals surface area contributed by atoms with Crippen LogP contribution >= 0.6 is 11.3 Å². The number of nitrogens with one attached hydrogen (secondary N) is 1. The van der Waals surface area contributed by atoms with Crippen molar-refractivity contribution in [2.24, 2.45) is 0 Å². The van der Waals surface area contributed by atoms with Gasteiger partial charge in [-0.1, -0.05) is 29.8 Å². The van der Waals surface area contributed by atoms with E-state index in [-0.39, 0.29) is 5.91 Å². The molecule has 7 nitrogen and oxygen atoms in total. The quantitative estimate of drug-likeness (QED) is 0.422. The zero-order valence-corrected chi connectivity index (χ0v) is 18.8. The van der Waals surface area contributed by atoms with E-state index in [4.69, 9.17) is 14.0 Å². The van der Waals surface area contributed by atoms with Gasteiger partial charge in [-0.3, -0.25) is 4.79 Å². The molecule has 3 rings (SSSR count). The van der Waals surface area contributed by atoms with Crippen LogP contribution in [0.4, 0.5) is 0 Å². The van der Waals surface area contributed by atoms with Crippen LogP contribution in [-0.2, 0) is 6.42 Å². The van der Waals surface area contributed by atoms with Crippen molar-refractivity contribution in [3.05, 3.63) is 52.7 Å². The van der Waals surface area contributed by atoms with Crippen LogP contribution in [0.5, 0.6) is 11.5 Å². The SMILES string of the molecule is C/C=C/c1cc(C(=O)NCCCCCc2nc(-c3cccs3)no2)cc(OC)c1OC. The number of benzene rings is 1. The molecule has 8 heteroatoms. The van der Waals surface area contributed by atoms with Gasteiger partial charge in [-0.05, 0) is 43.3 Å². The summed E-state index contributed by atoms with van der Waals surface area (Å²) in [6.45, 7) is 2.51. The number of ether oxygens (including phenoxy) is 2. The lowest BCUT2D eigenvalue weighted by Crippen LogP contribution is -2.24. The fraction of sp³-hybridized carbons (Fsp3) is 0.348. The molecule has 2 heterocycles. The fourth-order valence-electron chi connectivity index (χ4n) is 3.17. The first-order valence-electron chi connectivity index (χ1n) is 10.2. The zero-order valence-electron chi connectivity index (χ0n) is 18.0. The van der Waals surface area contributed by atoms with Gasteiger partial charge in [0, 0.05) is 24.1 Å². The van der Waals surface area contributed by atoms with Gasteiger partial charge >= 0.3 is 0 Å². The van der Waals surface area contributed by atoms with Crippen molar-refractivity contribution in [3.63, 3.8) is 0 Å². The number of thiophene rings is 1. The van der Waals surface area contributed by atoms with Gasteiger partial charge in [-0.25, -0.2) is 0 Å². The Balaban J connectivity index is 1.44. The number of unbranched alkanes of at least 4 members (excludes halogenated alkanes) is 2. The van der Waals surface area contributed by atoms with Crippen molar-refractivity contribution in [2.45, 2.75) is 32.6 Å². The third-order valence-electron chi connectivity index (χ3n) is 4.68. The second kappa shape index (κ2) is 11.3. The zero-order chi connectivity index (χ0) is 22.1. The molecule has 0 bridgehead atoms. The standard InChI is InChI=1S/C23H27N3O4S/c1-4-9-16-14-17(15-18(28-2)21(16)29-3)23(27)24-12-7-5-6-11-20-25-22(26-30-20)19-10-8-13-31-19/h4,8-10,13-15H,5-7,11-12H2,1-3H3,(H,24,27)/b9-4+. The second-order valence-electron chi connectivity index (χ2n) is 6.86. The third kappa shape index (κ3) is 5.95. The molecule has 1 aromatic carbocycles. The van der Waals surface area contributed by atoms with E-state index < -0.39 is 0 Å². The van der Waals surface area contributed by atoms with Crippen molar-refractivity contribution < 1.29 is 18.8 Å². The van der Waals surface area contributed by atoms with E-state index in [0.717, 1.165) is 36.1 Å². The molecule has 0 atom stereocenters. The van der Waals surface area contributed by atoms with Crippen molar-refractivity contribution >= 4 is 23.3 Å². The number of amides is 1. The lowest BCUT2D eigenvalue weighted by molar-refractivity contribution is 0.0952. The summed E-state index contributed by atoms with van der Waals surface area (Å²) in [6, 6.07) is 7.44. The molecule has 0 fully saturated rings. The molecule has 164 valence electrons. The Hall–Kier alpha value is -3.13. The Bertz CT molecular complexity index is 1010. The minimum Gasteiger partial charge on any atom is -0.493 e. The van der Waals surface area contributed by atoms with Crippen LogP contribution in [0.15, 0.2) is 40.2 Å². The average molecular weight is 442 g/mol. The van der Waals surface area contributed by atoms with Gasteiger partial charge in [0.1, 0.15) is 0 Å². The van der Waals surface area contributed by atoms with Crippen molar-refractivity contribution in [1.29, 1.82) is 0 Å². The fourth-order valence-corrected chi connectivity index (χ4v) is 3.82. The second-order valence-corrected chi connectivity index (χ2v) is 7.80. The molecule has 0 spiro atoms. The molecular formula is C23H27N3O4S. The van der Waals surface area contributed by atoms with Crippen LogP contribution < -0.4 is 14.8 Å². The minimum absolute atomic E-state index is 0.135. The normalized spacial score (nSPS) is 11.1. The van der Waals surface area contributed by atoms with Crippen molar-refractivity contribution in [1.82, 2.24) is 15.5 Å². The number of carbonyl (C=O) groups is 1. The molecule has 0 radical (unpaired) electrons. The summed E-state index contributed by atoms with van der Waals surface area (Å²) < 4.78 is 16.1. The summed E-state index contributed by atoms with van der Waals surface area (Å²) in [6.07, 6.45) is 7.25. The van der Waals surface area contributed by atoms with E-state index in [2.05, 4.69) is 15.5 Å². The molecule has 0 saturated carbocycles. The van der Waals surface area contributed by atoms with Crippen LogP contribution in [0.25, 0.3) is 16.8 Å². The minimum atomic E-state index is -0.135. The highest BCUT2D eigenvalue weighted by molar-refractivity contribution is 7.13. The highest BCUT2D eigenvalue weighted by Gasteiger charge is 2.15. The van der Waals surface area contributed by atoms with Crippen LogP contribution in [0.1, 0.15) is 48.0 Å². The number of carbonyl (C=O) groups excluding carboxylic acids is 1. The summed E-state index contributed by atoms with van der Waals surface area (Å²) in [5.74, 6) is 2.30. The van der Waals surface area contributed by atoms with Crippen LogP contribution in [-0.4, -0.2) is 36.8 Å². The predicted molar refractivity (Wildman–Crippen MR) is 122 cm³/mol. The largest absolute Gasteiger partial charge is 0.493 e. The van der Waals surface area contributed by atoms with Gasteiger partial charge in [0.25, 0.3) is 5.91 Å². The Morgan fingerprint density at radius 1 is 1.23 bits per heavy atom. The first-order chi connectivity index (χ1) is 15.2. The summed E-state index contributed by atoms with van der Waals surface area (Å²) in [5.41, 5.74) is 1.34. The Morgan fingerprint density at radius 2 is 2.10 bits per heavy atom. The highest BCUT2D eigenvalue weighted by atomic mass is 32.1. The molecule has 2 aromatic heterocycles. The summed E-state index contributed by atoms with van der Waals surface area (Å²) in [5, 5.41) is 8.98. The van der Waals surface area contributed by atoms with E-state index in [1.807, 2.05) is 36.6 Å². The summed E-state index contributed by atoms with van der Waals surface area (Å²) in [7, 11) is 3.15. The highest BCUT2D eigenvalue weighted by Crippen LogP contribution is 2.33. The van der Waals surface area contributed by atoms with E-state index >= 15 is 0 Å².